The molecule has 9 nitrogen and oxygen atoms in total. The Balaban J connectivity index is 2.28. The first-order valence-corrected chi connectivity index (χ1v) is 9.69. The van der Waals surface area contributed by atoms with Crippen LogP contribution >= 0.6 is 0 Å². The molecular formula is C18H21N3O6S. The van der Waals surface area contributed by atoms with Crippen LogP contribution in [0.25, 0.3) is 0 Å². The van der Waals surface area contributed by atoms with Crippen molar-refractivity contribution in [1.29, 1.82) is 0 Å². The Morgan fingerprint density at radius 2 is 1.71 bits per heavy atom. The van der Waals surface area contributed by atoms with Crippen LogP contribution in [0.3, 0.4) is 0 Å². The molecule has 2 aromatic rings. The predicted molar refractivity (Wildman–Crippen MR) is 104 cm³/mol. The lowest BCUT2D eigenvalue weighted by Gasteiger charge is -2.20. The number of nitrogens with zero attached hydrogens (tertiary/aromatic N) is 1. The molecule has 0 radical (unpaired) electrons. The zero-order valence-electron chi connectivity index (χ0n) is 15.8. The minimum absolute atomic E-state index is 0.164. The molecule has 0 aliphatic rings. The second kappa shape index (κ2) is 7.85. The van der Waals surface area contributed by atoms with Crippen molar-refractivity contribution in [3.8, 4) is 5.75 Å². The lowest BCUT2D eigenvalue weighted by atomic mass is 10.1. The van der Waals surface area contributed by atoms with Gasteiger partial charge in [0.1, 0.15) is 5.75 Å². The quantitative estimate of drug-likeness (QED) is 0.560. The van der Waals surface area contributed by atoms with Crippen LogP contribution in [-0.4, -0.2) is 31.9 Å². The summed E-state index contributed by atoms with van der Waals surface area (Å²) in [7, 11) is -2.90. The Labute approximate surface area is 162 Å². The molecule has 0 spiro atoms. The highest BCUT2D eigenvalue weighted by atomic mass is 32.2. The first-order chi connectivity index (χ1) is 12.9. The highest BCUT2D eigenvalue weighted by Crippen LogP contribution is 2.29. The van der Waals surface area contributed by atoms with Crippen LogP contribution in [0.2, 0.25) is 0 Å². The van der Waals surface area contributed by atoms with Crippen molar-refractivity contribution < 1.29 is 22.9 Å². The molecule has 150 valence electrons. The van der Waals surface area contributed by atoms with Gasteiger partial charge in [0.15, 0.2) is 4.90 Å². The third-order valence-corrected chi connectivity index (χ3v) is 4.97. The maximum Gasteiger partial charge on any atom is 0.293 e. The standard InChI is InChI=1S/C18H21N3O6S/c1-18(2,3)19-17(22)12-5-7-13(8-6-12)20-28(25,26)16-10-9-14(27-4)11-15(16)21(23)24/h5-11,20H,1-4H3,(H,19,22). The average Bonchev–Trinajstić information content (AvgIpc) is 2.59. The number of rotatable bonds is 6. The van der Waals surface area contributed by atoms with Crippen molar-refractivity contribution in [3.05, 3.63) is 58.1 Å². The predicted octanol–water partition coefficient (Wildman–Crippen LogP) is 2.93. The number of nitro benzene ring substituents is 1. The van der Waals surface area contributed by atoms with Gasteiger partial charge in [0.05, 0.1) is 18.1 Å². The van der Waals surface area contributed by atoms with Crippen LogP contribution in [0.15, 0.2) is 47.4 Å². The second-order valence-corrected chi connectivity index (χ2v) is 8.63. The van der Waals surface area contributed by atoms with Crippen LogP contribution in [0.1, 0.15) is 31.1 Å². The maximum atomic E-state index is 12.6. The van der Waals surface area contributed by atoms with E-state index in [0.717, 1.165) is 12.1 Å². The molecule has 0 atom stereocenters. The number of anilines is 1. The summed E-state index contributed by atoms with van der Waals surface area (Å²) in [5.74, 6) is -0.132. The third-order valence-electron chi connectivity index (χ3n) is 3.54. The van der Waals surface area contributed by atoms with E-state index in [1.165, 1.54) is 37.4 Å². The highest BCUT2D eigenvalue weighted by Gasteiger charge is 2.26. The molecule has 10 heteroatoms. The Morgan fingerprint density at radius 3 is 2.21 bits per heavy atom. The number of sulfonamides is 1. The number of ether oxygens (including phenoxy) is 1. The molecule has 0 aliphatic carbocycles. The van der Waals surface area contributed by atoms with E-state index in [1.54, 1.807) is 0 Å². The summed E-state index contributed by atoms with van der Waals surface area (Å²) in [5.41, 5.74) is -0.497. The third kappa shape index (κ3) is 5.19. The topological polar surface area (TPSA) is 128 Å². The van der Waals surface area contributed by atoms with Gasteiger partial charge in [0, 0.05) is 16.8 Å². The Morgan fingerprint density at radius 1 is 1.11 bits per heavy atom. The number of nitro groups is 1. The number of amides is 1. The van der Waals surface area contributed by atoms with E-state index in [9.17, 15) is 23.3 Å². The van der Waals surface area contributed by atoms with Crippen LogP contribution in [0.5, 0.6) is 5.75 Å². The number of carbonyl (C=O) groups is 1. The van der Waals surface area contributed by atoms with Crippen molar-refractivity contribution >= 4 is 27.3 Å². The van der Waals surface area contributed by atoms with Crippen molar-refractivity contribution in [2.45, 2.75) is 31.2 Å². The number of benzene rings is 2. The number of hydrogen-bond donors (Lipinski definition) is 2. The Hall–Kier alpha value is -3.14. The molecule has 0 aromatic heterocycles. The Bertz CT molecular complexity index is 995. The summed E-state index contributed by atoms with van der Waals surface area (Å²) in [4.78, 5) is 22.1. The lowest BCUT2D eigenvalue weighted by molar-refractivity contribution is -0.387. The van der Waals surface area contributed by atoms with Crippen LogP contribution in [-0.2, 0) is 10.0 Å². The van der Waals surface area contributed by atoms with Crippen LogP contribution in [0, 0.1) is 10.1 Å². The summed E-state index contributed by atoms with van der Waals surface area (Å²) < 4.78 is 32.4. The molecular weight excluding hydrogens is 386 g/mol. The van der Waals surface area contributed by atoms with Crippen molar-refractivity contribution in [3.63, 3.8) is 0 Å². The van der Waals surface area contributed by atoms with Gasteiger partial charge >= 0.3 is 0 Å². The van der Waals surface area contributed by atoms with Gasteiger partial charge in [0.25, 0.3) is 21.6 Å². The minimum atomic E-state index is -4.22. The van der Waals surface area contributed by atoms with Gasteiger partial charge in [-0.2, -0.15) is 0 Å². The summed E-state index contributed by atoms with van der Waals surface area (Å²) >= 11 is 0. The molecule has 2 N–H and O–H groups in total. The second-order valence-electron chi connectivity index (χ2n) is 6.98. The van der Waals surface area contributed by atoms with Crippen molar-refractivity contribution in [2.75, 3.05) is 11.8 Å². The summed E-state index contributed by atoms with van der Waals surface area (Å²) in [6.07, 6.45) is 0. The molecule has 28 heavy (non-hydrogen) atoms. The van der Waals surface area contributed by atoms with E-state index in [1.807, 2.05) is 20.8 Å². The van der Waals surface area contributed by atoms with Gasteiger partial charge in [-0.25, -0.2) is 8.42 Å². The molecule has 1 amide bonds. The van der Waals surface area contributed by atoms with Crippen LogP contribution < -0.4 is 14.8 Å². The van der Waals surface area contributed by atoms with Gasteiger partial charge in [-0.3, -0.25) is 19.6 Å². The summed E-state index contributed by atoms with van der Waals surface area (Å²) in [6, 6.07) is 9.19. The summed E-state index contributed by atoms with van der Waals surface area (Å²) in [6.45, 7) is 5.53. The maximum absolute atomic E-state index is 12.6. The van der Waals surface area contributed by atoms with Crippen molar-refractivity contribution in [2.24, 2.45) is 0 Å². The largest absolute Gasteiger partial charge is 0.497 e. The molecule has 2 aromatic carbocycles. The molecule has 0 fully saturated rings. The fourth-order valence-electron chi connectivity index (χ4n) is 2.31. The van der Waals surface area contributed by atoms with E-state index < -0.39 is 31.1 Å². The van der Waals surface area contributed by atoms with E-state index in [4.69, 9.17) is 4.74 Å². The SMILES string of the molecule is COc1ccc(S(=O)(=O)Nc2ccc(C(=O)NC(C)(C)C)cc2)c([N+](=O)[O-])c1. The normalized spacial score (nSPS) is 11.6. The monoisotopic (exact) mass is 407 g/mol. The zero-order chi connectivity index (χ0) is 21.1. The average molecular weight is 407 g/mol. The van der Waals surface area contributed by atoms with Crippen LogP contribution in [0.4, 0.5) is 11.4 Å². The summed E-state index contributed by atoms with van der Waals surface area (Å²) in [5, 5.41) is 14.0. The lowest BCUT2D eigenvalue weighted by Crippen LogP contribution is -2.40. The van der Waals surface area contributed by atoms with Gasteiger partial charge in [-0.15, -0.1) is 0 Å². The smallest absolute Gasteiger partial charge is 0.293 e. The molecule has 0 saturated heterocycles. The molecule has 0 heterocycles. The molecule has 0 unspecified atom stereocenters. The van der Waals surface area contributed by atoms with E-state index in [2.05, 4.69) is 10.0 Å². The van der Waals surface area contributed by atoms with Gasteiger partial charge in [-0.05, 0) is 57.2 Å². The Kier molecular flexibility index (Phi) is 5.93. The van der Waals surface area contributed by atoms with E-state index in [0.29, 0.717) is 5.56 Å². The molecule has 0 bridgehead atoms. The van der Waals surface area contributed by atoms with E-state index >= 15 is 0 Å². The minimum Gasteiger partial charge on any atom is -0.497 e. The highest BCUT2D eigenvalue weighted by molar-refractivity contribution is 7.92. The number of hydrogen-bond acceptors (Lipinski definition) is 6. The first-order valence-electron chi connectivity index (χ1n) is 8.21. The van der Waals surface area contributed by atoms with Gasteiger partial charge in [0.2, 0.25) is 0 Å². The fourth-order valence-corrected chi connectivity index (χ4v) is 3.52. The first kappa shape index (κ1) is 21.2. The number of carbonyl (C=O) groups excluding carboxylic acids is 1. The fraction of sp³-hybridized carbons (Fsp3) is 0.278. The molecule has 0 saturated carbocycles. The van der Waals surface area contributed by atoms with Gasteiger partial charge in [-0.1, -0.05) is 0 Å². The number of methoxy groups -OCH3 is 1. The number of nitrogens with one attached hydrogen (secondary N) is 2. The zero-order valence-corrected chi connectivity index (χ0v) is 16.7. The molecule has 2 rings (SSSR count). The van der Waals surface area contributed by atoms with Crippen molar-refractivity contribution in [1.82, 2.24) is 5.32 Å². The van der Waals surface area contributed by atoms with E-state index in [-0.39, 0.29) is 17.3 Å². The molecule has 0 aliphatic heterocycles. The van der Waals surface area contributed by atoms with Gasteiger partial charge < -0.3 is 10.1 Å².